The molecule has 0 aromatic carbocycles. The number of nitrogens with one attached hydrogen (secondary N) is 1. The topological polar surface area (TPSA) is 60.8 Å². The predicted octanol–water partition coefficient (Wildman–Crippen LogP) is 1.94. The van der Waals surface area contributed by atoms with Crippen LogP contribution in [0.25, 0.3) is 0 Å². The fourth-order valence-corrected chi connectivity index (χ4v) is 4.35. The summed E-state index contributed by atoms with van der Waals surface area (Å²) in [6.07, 6.45) is 7.80. The Morgan fingerprint density at radius 1 is 1.36 bits per heavy atom. The maximum absolute atomic E-state index is 10.2. The van der Waals surface area contributed by atoms with Gasteiger partial charge in [0.2, 0.25) is 0 Å². The van der Waals surface area contributed by atoms with Crippen molar-refractivity contribution in [3.63, 3.8) is 0 Å². The van der Waals surface area contributed by atoms with Gasteiger partial charge in [0.25, 0.3) is 0 Å². The van der Waals surface area contributed by atoms with E-state index in [1.54, 1.807) is 7.05 Å². The van der Waals surface area contributed by atoms with Gasteiger partial charge in [-0.15, -0.1) is 11.3 Å². The molecule has 1 saturated carbocycles. The number of thiazole rings is 1. The van der Waals surface area contributed by atoms with Gasteiger partial charge in [-0.3, -0.25) is 4.99 Å². The summed E-state index contributed by atoms with van der Waals surface area (Å²) in [4.78, 5) is 12.7. The maximum atomic E-state index is 10.2. The quantitative estimate of drug-likeness (QED) is 0.657. The number of aryl methyl sites for hydroxylation is 2. The first-order valence-corrected chi connectivity index (χ1v) is 9.03. The zero-order valence-electron chi connectivity index (χ0n) is 13.6. The smallest absolute Gasteiger partial charge is 0.193 e. The predicted molar refractivity (Wildman–Crippen MR) is 90.4 cm³/mol. The van der Waals surface area contributed by atoms with Crippen LogP contribution in [-0.2, 0) is 19.4 Å². The van der Waals surface area contributed by atoms with Gasteiger partial charge in [0.05, 0.1) is 17.8 Å². The summed E-state index contributed by atoms with van der Waals surface area (Å²) >= 11 is 1.85. The first-order valence-electron chi connectivity index (χ1n) is 8.21. The van der Waals surface area contributed by atoms with Crippen LogP contribution in [-0.4, -0.2) is 47.2 Å². The first kappa shape index (κ1) is 15.7. The van der Waals surface area contributed by atoms with Gasteiger partial charge in [-0.25, -0.2) is 4.98 Å². The van der Waals surface area contributed by atoms with Crippen molar-refractivity contribution >= 4 is 17.3 Å². The van der Waals surface area contributed by atoms with Gasteiger partial charge in [0, 0.05) is 25.5 Å². The highest BCUT2D eigenvalue weighted by Crippen LogP contribution is 2.30. The molecule has 2 aliphatic carbocycles. The molecule has 5 nitrogen and oxygen atoms in total. The Morgan fingerprint density at radius 2 is 2.14 bits per heavy atom. The van der Waals surface area contributed by atoms with Crippen molar-refractivity contribution in [2.24, 2.45) is 4.99 Å². The van der Waals surface area contributed by atoms with Gasteiger partial charge in [-0.05, 0) is 44.9 Å². The number of guanidine groups is 1. The molecule has 2 aliphatic rings. The van der Waals surface area contributed by atoms with Crippen LogP contribution in [0.3, 0.4) is 0 Å². The standard InChI is InChI=1S/C16H26N4OS/c1-17-15(18-11-16(21)8-5-9-16)20(2)10-14-19-12-6-3-4-7-13(12)22-14/h21H,3-11H2,1-2H3,(H,17,18). The molecule has 0 bridgehead atoms. The summed E-state index contributed by atoms with van der Waals surface area (Å²) in [5, 5.41) is 14.7. The lowest BCUT2D eigenvalue weighted by Gasteiger charge is -2.37. The number of aromatic nitrogens is 1. The largest absolute Gasteiger partial charge is 0.388 e. The van der Waals surface area contributed by atoms with Crippen LogP contribution in [0.15, 0.2) is 4.99 Å². The molecule has 2 N–H and O–H groups in total. The molecule has 0 spiro atoms. The van der Waals surface area contributed by atoms with Crippen LogP contribution in [0.2, 0.25) is 0 Å². The highest BCUT2D eigenvalue weighted by atomic mass is 32.1. The van der Waals surface area contributed by atoms with Crippen LogP contribution in [0.5, 0.6) is 0 Å². The molecule has 1 aromatic heterocycles. The van der Waals surface area contributed by atoms with E-state index in [1.165, 1.54) is 34.8 Å². The molecule has 0 amide bonds. The number of rotatable bonds is 4. The molecule has 0 radical (unpaired) electrons. The Hall–Kier alpha value is -1.14. The molecule has 1 heterocycles. The molecule has 3 rings (SSSR count). The van der Waals surface area contributed by atoms with E-state index in [0.29, 0.717) is 6.54 Å². The van der Waals surface area contributed by atoms with Crippen molar-refractivity contribution in [2.75, 3.05) is 20.6 Å². The molecular weight excluding hydrogens is 296 g/mol. The molecule has 22 heavy (non-hydrogen) atoms. The Morgan fingerprint density at radius 3 is 2.77 bits per heavy atom. The van der Waals surface area contributed by atoms with E-state index >= 15 is 0 Å². The van der Waals surface area contributed by atoms with Gasteiger partial charge >= 0.3 is 0 Å². The number of hydrogen-bond acceptors (Lipinski definition) is 4. The summed E-state index contributed by atoms with van der Waals surface area (Å²) < 4.78 is 0. The molecule has 0 aliphatic heterocycles. The normalized spacial score (nSPS) is 20.2. The van der Waals surface area contributed by atoms with Crippen molar-refractivity contribution in [2.45, 2.75) is 57.1 Å². The lowest BCUT2D eigenvalue weighted by atomic mass is 9.80. The second-order valence-electron chi connectivity index (χ2n) is 6.52. The van der Waals surface area contributed by atoms with Gasteiger partial charge in [-0.2, -0.15) is 0 Å². The van der Waals surface area contributed by atoms with Gasteiger partial charge in [0.15, 0.2) is 5.96 Å². The summed E-state index contributed by atoms with van der Waals surface area (Å²) in [6.45, 7) is 1.36. The van der Waals surface area contributed by atoms with Crippen molar-refractivity contribution in [3.05, 3.63) is 15.6 Å². The average molecular weight is 322 g/mol. The van der Waals surface area contributed by atoms with Crippen LogP contribution >= 0.6 is 11.3 Å². The van der Waals surface area contributed by atoms with Gasteiger partial charge < -0.3 is 15.3 Å². The zero-order chi connectivity index (χ0) is 15.6. The van der Waals surface area contributed by atoms with Gasteiger partial charge in [0.1, 0.15) is 5.01 Å². The van der Waals surface area contributed by atoms with Gasteiger partial charge in [-0.1, -0.05) is 0 Å². The van der Waals surface area contributed by atoms with E-state index in [2.05, 4.69) is 15.2 Å². The second kappa shape index (κ2) is 6.54. The fraction of sp³-hybridized carbons (Fsp3) is 0.750. The van der Waals surface area contributed by atoms with E-state index in [0.717, 1.165) is 38.2 Å². The van der Waals surface area contributed by atoms with Crippen molar-refractivity contribution in [1.82, 2.24) is 15.2 Å². The van der Waals surface area contributed by atoms with Crippen molar-refractivity contribution < 1.29 is 5.11 Å². The number of aliphatic imine (C=N–C) groups is 1. The van der Waals surface area contributed by atoms with E-state index in [1.807, 2.05) is 18.4 Å². The first-order chi connectivity index (χ1) is 10.6. The average Bonchev–Trinajstić information content (AvgIpc) is 2.88. The zero-order valence-corrected chi connectivity index (χ0v) is 14.4. The number of nitrogens with zero attached hydrogens (tertiary/aromatic N) is 3. The monoisotopic (exact) mass is 322 g/mol. The minimum atomic E-state index is -0.531. The summed E-state index contributed by atoms with van der Waals surface area (Å²) in [7, 11) is 3.82. The molecule has 6 heteroatoms. The van der Waals surface area contributed by atoms with Crippen LogP contribution in [0.4, 0.5) is 0 Å². The van der Waals surface area contributed by atoms with E-state index in [9.17, 15) is 5.11 Å². The SMILES string of the molecule is CN=C(NCC1(O)CCC1)N(C)Cc1nc2c(s1)CCCC2. The molecule has 1 aromatic rings. The molecular formula is C16H26N4OS. The maximum Gasteiger partial charge on any atom is 0.193 e. The molecule has 0 unspecified atom stereocenters. The number of hydrogen-bond donors (Lipinski definition) is 2. The van der Waals surface area contributed by atoms with Crippen molar-refractivity contribution in [3.8, 4) is 0 Å². The minimum absolute atomic E-state index is 0.531. The van der Waals surface area contributed by atoms with Crippen LogP contribution in [0.1, 0.15) is 47.7 Å². The lowest BCUT2D eigenvalue weighted by molar-refractivity contribution is -0.0282. The third-order valence-corrected chi connectivity index (χ3v) is 5.84. The molecule has 122 valence electrons. The summed E-state index contributed by atoms with van der Waals surface area (Å²) in [5.74, 6) is 0.827. The Balaban J connectivity index is 1.57. The van der Waals surface area contributed by atoms with Crippen LogP contribution < -0.4 is 5.32 Å². The van der Waals surface area contributed by atoms with Crippen molar-refractivity contribution in [1.29, 1.82) is 0 Å². The molecule has 0 saturated heterocycles. The third-order valence-electron chi connectivity index (χ3n) is 4.70. The Bertz CT molecular complexity index is 527. The van der Waals surface area contributed by atoms with E-state index < -0.39 is 5.60 Å². The highest BCUT2D eigenvalue weighted by molar-refractivity contribution is 7.11. The summed E-state index contributed by atoms with van der Waals surface area (Å²) in [5.41, 5.74) is 0.781. The Kier molecular flexibility index (Phi) is 4.68. The number of aliphatic hydroxyl groups is 1. The third kappa shape index (κ3) is 3.43. The minimum Gasteiger partial charge on any atom is -0.388 e. The fourth-order valence-electron chi connectivity index (χ4n) is 3.14. The van der Waals surface area contributed by atoms with E-state index in [-0.39, 0.29) is 0 Å². The van der Waals surface area contributed by atoms with Crippen LogP contribution in [0, 0.1) is 0 Å². The second-order valence-corrected chi connectivity index (χ2v) is 7.69. The number of fused-ring (bicyclic) bond motifs is 1. The summed E-state index contributed by atoms with van der Waals surface area (Å²) in [6, 6.07) is 0. The Labute approximate surface area is 136 Å². The molecule has 1 fully saturated rings. The lowest BCUT2D eigenvalue weighted by Crippen LogP contribution is -2.50. The highest BCUT2D eigenvalue weighted by Gasteiger charge is 2.34. The molecule has 0 atom stereocenters. The van der Waals surface area contributed by atoms with E-state index in [4.69, 9.17) is 4.98 Å².